The van der Waals surface area contributed by atoms with E-state index in [0.717, 1.165) is 30.4 Å². The van der Waals surface area contributed by atoms with Gasteiger partial charge >= 0.3 is 0 Å². The van der Waals surface area contributed by atoms with Crippen LogP contribution in [0.15, 0.2) is 47.6 Å². The first-order chi connectivity index (χ1) is 11.7. The second-order valence-electron chi connectivity index (χ2n) is 5.65. The molecule has 0 saturated carbocycles. The SMILES string of the molecule is CN=C(NCCOc1ccc(C)cc1)NCCc1ccc(C)nc1.I. The molecule has 25 heavy (non-hydrogen) atoms. The van der Waals surface area contributed by atoms with E-state index in [1.54, 1.807) is 7.05 Å². The molecule has 0 saturated heterocycles. The summed E-state index contributed by atoms with van der Waals surface area (Å²) in [5.41, 5.74) is 3.48. The second kappa shape index (κ2) is 11.7. The van der Waals surface area contributed by atoms with Crippen LogP contribution < -0.4 is 15.4 Å². The zero-order valence-corrected chi connectivity index (χ0v) is 17.4. The highest BCUT2D eigenvalue weighted by molar-refractivity contribution is 14.0. The van der Waals surface area contributed by atoms with Gasteiger partial charge in [-0.05, 0) is 44.0 Å². The van der Waals surface area contributed by atoms with Crippen LogP contribution in [0, 0.1) is 13.8 Å². The Bertz CT molecular complexity index is 641. The third-order valence-electron chi connectivity index (χ3n) is 3.59. The lowest BCUT2D eigenvalue weighted by molar-refractivity contribution is 0.322. The van der Waals surface area contributed by atoms with Crippen molar-refractivity contribution in [2.45, 2.75) is 20.3 Å². The number of ether oxygens (including phenoxy) is 1. The fraction of sp³-hybridized carbons (Fsp3) is 0.368. The van der Waals surface area contributed by atoms with E-state index in [1.165, 1.54) is 11.1 Å². The Kier molecular flexibility index (Phi) is 9.91. The van der Waals surface area contributed by atoms with Crippen LogP contribution in [0.2, 0.25) is 0 Å². The molecule has 2 N–H and O–H groups in total. The molecule has 5 nitrogen and oxygen atoms in total. The maximum atomic E-state index is 5.69. The molecule has 0 amide bonds. The van der Waals surface area contributed by atoms with Gasteiger partial charge < -0.3 is 15.4 Å². The molecule has 0 spiro atoms. The summed E-state index contributed by atoms with van der Waals surface area (Å²) in [6.07, 6.45) is 2.83. The number of aliphatic imine (C=N–C) groups is 1. The number of hydrogen-bond acceptors (Lipinski definition) is 3. The summed E-state index contributed by atoms with van der Waals surface area (Å²) in [4.78, 5) is 8.51. The van der Waals surface area contributed by atoms with E-state index in [4.69, 9.17) is 4.74 Å². The number of rotatable bonds is 7. The van der Waals surface area contributed by atoms with Crippen LogP contribution in [0.25, 0.3) is 0 Å². The minimum Gasteiger partial charge on any atom is -0.492 e. The highest BCUT2D eigenvalue weighted by Gasteiger charge is 1.99. The standard InChI is InChI=1S/C19H26N4O.HI/c1-15-4-8-18(9-5-15)24-13-12-22-19(20-3)21-11-10-17-7-6-16(2)23-14-17;/h4-9,14H,10-13H2,1-3H3,(H2,20,21,22);1H. The number of benzene rings is 1. The van der Waals surface area contributed by atoms with Crippen molar-refractivity contribution >= 4 is 29.9 Å². The highest BCUT2D eigenvalue weighted by Crippen LogP contribution is 2.10. The number of hydrogen-bond donors (Lipinski definition) is 2. The van der Waals surface area contributed by atoms with E-state index in [1.807, 2.05) is 43.5 Å². The van der Waals surface area contributed by atoms with Gasteiger partial charge in [0.15, 0.2) is 5.96 Å². The number of guanidine groups is 1. The normalized spacial score (nSPS) is 10.8. The fourth-order valence-corrected chi connectivity index (χ4v) is 2.16. The number of pyridine rings is 1. The Labute approximate surface area is 167 Å². The Morgan fingerprint density at radius 3 is 2.40 bits per heavy atom. The van der Waals surface area contributed by atoms with Crippen molar-refractivity contribution in [1.82, 2.24) is 15.6 Å². The molecule has 1 aromatic heterocycles. The molecule has 2 aromatic rings. The molecular weight excluding hydrogens is 427 g/mol. The first-order valence-electron chi connectivity index (χ1n) is 8.23. The van der Waals surface area contributed by atoms with E-state index in [2.05, 4.69) is 33.6 Å². The van der Waals surface area contributed by atoms with Gasteiger partial charge in [-0.25, -0.2) is 0 Å². The highest BCUT2D eigenvalue weighted by atomic mass is 127. The van der Waals surface area contributed by atoms with Crippen molar-refractivity contribution < 1.29 is 4.74 Å². The Hall–Kier alpha value is -1.83. The molecule has 1 aromatic carbocycles. The summed E-state index contributed by atoms with van der Waals surface area (Å²) in [5, 5.41) is 6.54. The molecule has 0 bridgehead atoms. The van der Waals surface area contributed by atoms with Crippen molar-refractivity contribution in [3.05, 3.63) is 59.4 Å². The van der Waals surface area contributed by atoms with Crippen LogP contribution >= 0.6 is 24.0 Å². The lowest BCUT2D eigenvalue weighted by atomic mass is 10.2. The smallest absolute Gasteiger partial charge is 0.191 e. The summed E-state index contributed by atoms with van der Waals surface area (Å²) in [6, 6.07) is 12.2. The van der Waals surface area contributed by atoms with Crippen molar-refractivity contribution in [1.29, 1.82) is 0 Å². The van der Waals surface area contributed by atoms with Crippen LogP contribution in [0.4, 0.5) is 0 Å². The van der Waals surface area contributed by atoms with Gasteiger partial charge in [0.25, 0.3) is 0 Å². The molecule has 0 aliphatic rings. The predicted molar refractivity (Wildman–Crippen MR) is 114 cm³/mol. The number of nitrogens with one attached hydrogen (secondary N) is 2. The molecule has 0 aliphatic carbocycles. The molecule has 1 heterocycles. The second-order valence-corrected chi connectivity index (χ2v) is 5.65. The van der Waals surface area contributed by atoms with Crippen LogP contribution in [0.5, 0.6) is 5.75 Å². The maximum absolute atomic E-state index is 5.69. The molecule has 2 rings (SSSR count). The van der Waals surface area contributed by atoms with Gasteiger partial charge in [-0.2, -0.15) is 0 Å². The summed E-state index contributed by atoms with van der Waals surface area (Å²) < 4.78 is 5.69. The van der Waals surface area contributed by atoms with Crippen molar-refractivity contribution in [3.63, 3.8) is 0 Å². The predicted octanol–water partition coefficient (Wildman–Crippen LogP) is 3.10. The minimum absolute atomic E-state index is 0. The zero-order chi connectivity index (χ0) is 17.2. The van der Waals surface area contributed by atoms with E-state index in [9.17, 15) is 0 Å². The van der Waals surface area contributed by atoms with Crippen molar-refractivity contribution in [3.8, 4) is 5.75 Å². The molecule has 0 unspecified atom stereocenters. The summed E-state index contributed by atoms with van der Waals surface area (Å²) in [6.45, 7) is 6.15. The zero-order valence-electron chi connectivity index (χ0n) is 15.1. The van der Waals surface area contributed by atoms with Gasteiger partial charge in [-0.15, -0.1) is 24.0 Å². The lowest BCUT2D eigenvalue weighted by Gasteiger charge is -2.12. The quantitative estimate of drug-likeness (QED) is 0.292. The number of nitrogens with zero attached hydrogens (tertiary/aromatic N) is 2. The van der Waals surface area contributed by atoms with Gasteiger partial charge in [-0.3, -0.25) is 9.98 Å². The van der Waals surface area contributed by atoms with Crippen LogP contribution in [-0.2, 0) is 6.42 Å². The first kappa shape index (κ1) is 21.2. The average Bonchev–Trinajstić information content (AvgIpc) is 2.60. The monoisotopic (exact) mass is 454 g/mol. The number of halogens is 1. The third kappa shape index (κ3) is 8.20. The molecule has 0 atom stereocenters. The topological polar surface area (TPSA) is 58.5 Å². The van der Waals surface area contributed by atoms with Gasteiger partial charge in [0.1, 0.15) is 12.4 Å². The number of aromatic nitrogens is 1. The van der Waals surface area contributed by atoms with E-state index < -0.39 is 0 Å². The molecule has 0 fully saturated rings. The molecule has 0 aliphatic heterocycles. The van der Waals surface area contributed by atoms with Crippen LogP contribution in [-0.4, -0.2) is 37.7 Å². The van der Waals surface area contributed by atoms with Gasteiger partial charge in [-0.1, -0.05) is 23.8 Å². The maximum Gasteiger partial charge on any atom is 0.191 e. The summed E-state index contributed by atoms with van der Waals surface area (Å²) >= 11 is 0. The first-order valence-corrected chi connectivity index (χ1v) is 8.23. The summed E-state index contributed by atoms with van der Waals surface area (Å²) in [7, 11) is 1.77. The van der Waals surface area contributed by atoms with Crippen LogP contribution in [0.1, 0.15) is 16.8 Å². The largest absolute Gasteiger partial charge is 0.492 e. The Balaban J connectivity index is 0.00000312. The minimum atomic E-state index is 0. The van der Waals surface area contributed by atoms with Gasteiger partial charge in [0.05, 0.1) is 6.54 Å². The van der Waals surface area contributed by atoms with Gasteiger partial charge in [0, 0.05) is 25.5 Å². The van der Waals surface area contributed by atoms with Crippen LogP contribution in [0.3, 0.4) is 0 Å². The number of aryl methyl sites for hydroxylation is 2. The molecular formula is C19H27IN4O. The van der Waals surface area contributed by atoms with Gasteiger partial charge in [0.2, 0.25) is 0 Å². The fourth-order valence-electron chi connectivity index (χ4n) is 2.16. The Morgan fingerprint density at radius 2 is 1.76 bits per heavy atom. The van der Waals surface area contributed by atoms with Crippen molar-refractivity contribution in [2.24, 2.45) is 4.99 Å². The third-order valence-corrected chi connectivity index (χ3v) is 3.59. The van der Waals surface area contributed by atoms with E-state index in [-0.39, 0.29) is 24.0 Å². The molecule has 136 valence electrons. The molecule has 6 heteroatoms. The van der Waals surface area contributed by atoms with E-state index in [0.29, 0.717) is 13.2 Å². The van der Waals surface area contributed by atoms with Crippen molar-refractivity contribution in [2.75, 3.05) is 26.7 Å². The average molecular weight is 454 g/mol. The Morgan fingerprint density at radius 1 is 1.04 bits per heavy atom. The van der Waals surface area contributed by atoms with E-state index >= 15 is 0 Å². The molecule has 0 radical (unpaired) electrons. The summed E-state index contributed by atoms with van der Waals surface area (Å²) in [5.74, 6) is 1.67. The lowest BCUT2D eigenvalue weighted by Crippen LogP contribution is -2.40.